The zero-order valence-electron chi connectivity index (χ0n) is 13.9. The number of furan rings is 1. The van der Waals surface area contributed by atoms with Crippen LogP contribution in [0.5, 0.6) is 5.75 Å². The van der Waals surface area contributed by atoms with Gasteiger partial charge < -0.3 is 9.15 Å². The van der Waals surface area contributed by atoms with Crippen LogP contribution in [0.2, 0.25) is 0 Å². The Bertz CT molecular complexity index is 745. The lowest BCUT2D eigenvalue weighted by atomic mass is 10.2. The molecule has 0 aliphatic rings. The molecule has 1 N–H and O–H groups in total. The van der Waals surface area contributed by atoms with Crippen LogP contribution in [0.4, 0.5) is 0 Å². The van der Waals surface area contributed by atoms with Gasteiger partial charge in [0.15, 0.2) is 0 Å². The van der Waals surface area contributed by atoms with E-state index in [2.05, 4.69) is 18.6 Å². The van der Waals surface area contributed by atoms with Gasteiger partial charge in [-0.05, 0) is 50.1 Å². The fourth-order valence-electron chi connectivity index (χ4n) is 2.09. The molecule has 0 aliphatic carbocycles. The Morgan fingerprint density at radius 1 is 1.17 bits per heavy atom. The van der Waals surface area contributed by atoms with E-state index in [-0.39, 0.29) is 11.4 Å². The number of nitrogens with one attached hydrogen (secondary N) is 1. The Kier molecular flexibility index (Phi) is 5.49. The summed E-state index contributed by atoms with van der Waals surface area (Å²) >= 11 is 0. The first-order valence-electron chi connectivity index (χ1n) is 7.56. The highest BCUT2D eigenvalue weighted by atomic mass is 32.2. The van der Waals surface area contributed by atoms with Crippen molar-refractivity contribution in [1.29, 1.82) is 0 Å². The summed E-state index contributed by atoms with van der Waals surface area (Å²) in [6.45, 7) is 8.57. The molecule has 0 fully saturated rings. The standard InChI is InChI=1S/C17H23NO4S/c1-12(2)11-21-16-5-7-17(8-6-16)23(19,20)18-10-15-9-13(3)22-14(15)4/h5-9,12,18H,10-11H2,1-4H3. The molecule has 1 heterocycles. The highest BCUT2D eigenvalue weighted by molar-refractivity contribution is 7.89. The van der Waals surface area contributed by atoms with Crippen LogP contribution in [0.1, 0.15) is 30.9 Å². The Labute approximate surface area is 137 Å². The van der Waals surface area contributed by atoms with Gasteiger partial charge in [0.1, 0.15) is 17.3 Å². The molecule has 0 radical (unpaired) electrons. The van der Waals surface area contributed by atoms with E-state index in [1.165, 1.54) is 0 Å². The van der Waals surface area contributed by atoms with Gasteiger partial charge in [0.2, 0.25) is 10.0 Å². The van der Waals surface area contributed by atoms with Crippen molar-refractivity contribution in [2.75, 3.05) is 6.61 Å². The van der Waals surface area contributed by atoms with Crippen molar-refractivity contribution in [1.82, 2.24) is 4.72 Å². The Morgan fingerprint density at radius 2 is 1.83 bits per heavy atom. The summed E-state index contributed by atoms with van der Waals surface area (Å²) in [6, 6.07) is 8.27. The maximum Gasteiger partial charge on any atom is 0.240 e. The Morgan fingerprint density at radius 3 is 2.35 bits per heavy atom. The summed E-state index contributed by atoms with van der Waals surface area (Å²) in [4.78, 5) is 0.215. The third-order valence-electron chi connectivity index (χ3n) is 3.31. The van der Waals surface area contributed by atoms with Gasteiger partial charge in [-0.3, -0.25) is 0 Å². The molecule has 5 nitrogen and oxygen atoms in total. The first-order valence-corrected chi connectivity index (χ1v) is 9.04. The molecule has 23 heavy (non-hydrogen) atoms. The van der Waals surface area contributed by atoms with Gasteiger partial charge in [-0.25, -0.2) is 13.1 Å². The quantitative estimate of drug-likeness (QED) is 0.840. The number of benzene rings is 1. The van der Waals surface area contributed by atoms with Gasteiger partial charge in [0.25, 0.3) is 0 Å². The predicted molar refractivity (Wildman–Crippen MR) is 89.0 cm³/mol. The lowest BCUT2D eigenvalue weighted by Crippen LogP contribution is -2.23. The molecular formula is C17H23NO4S. The molecule has 2 aromatic rings. The molecule has 0 saturated heterocycles. The number of hydrogen-bond donors (Lipinski definition) is 1. The van der Waals surface area contributed by atoms with Gasteiger partial charge in [-0.15, -0.1) is 0 Å². The van der Waals surface area contributed by atoms with E-state index in [0.717, 1.165) is 17.1 Å². The minimum Gasteiger partial charge on any atom is -0.493 e. The molecule has 1 aromatic carbocycles. The van der Waals surface area contributed by atoms with E-state index in [1.54, 1.807) is 24.3 Å². The van der Waals surface area contributed by atoms with Crippen molar-refractivity contribution in [3.8, 4) is 5.75 Å². The highest BCUT2D eigenvalue weighted by Crippen LogP contribution is 2.18. The predicted octanol–water partition coefficient (Wildman–Crippen LogP) is 3.41. The topological polar surface area (TPSA) is 68.5 Å². The summed E-state index contributed by atoms with van der Waals surface area (Å²) in [5, 5.41) is 0. The molecule has 126 valence electrons. The van der Waals surface area contributed by atoms with E-state index < -0.39 is 10.0 Å². The third kappa shape index (κ3) is 4.84. The summed E-state index contributed by atoms with van der Waals surface area (Å²) in [7, 11) is -3.56. The first kappa shape index (κ1) is 17.6. The Hall–Kier alpha value is -1.79. The van der Waals surface area contributed by atoms with E-state index in [1.807, 2.05) is 19.9 Å². The number of ether oxygens (including phenoxy) is 1. The molecule has 0 unspecified atom stereocenters. The molecule has 0 spiro atoms. The molecule has 0 saturated carbocycles. The highest BCUT2D eigenvalue weighted by Gasteiger charge is 2.15. The number of rotatable bonds is 7. The van der Waals surface area contributed by atoms with Crippen LogP contribution in [0.15, 0.2) is 39.6 Å². The SMILES string of the molecule is Cc1cc(CNS(=O)(=O)c2ccc(OCC(C)C)cc2)c(C)o1. The fraction of sp³-hybridized carbons (Fsp3) is 0.412. The van der Waals surface area contributed by atoms with Gasteiger partial charge in [-0.2, -0.15) is 0 Å². The van der Waals surface area contributed by atoms with Crippen LogP contribution < -0.4 is 9.46 Å². The third-order valence-corrected chi connectivity index (χ3v) is 4.73. The molecular weight excluding hydrogens is 314 g/mol. The van der Waals surface area contributed by atoms with Crippen molar-refractivity contribution in [2.45, 2.75) is 39.1 Å². The van der Waals surface area contributed by atoms with E-state index >= 15 is 0 Å². The molecule has 6 heteroatoms. The number of aryl methyl sites for hydroxylation is 2. The smallest absolute Gasteiger partial charge is 0.240 e. The second-order valence-electron chi connectivity index (χ2n) is 5.94. The summed E-state index contributed by atoms with van der Waals surface area (Å²) in [5.41, 5.74) is 0.836. The van der Waals surface area contributed by atoms with E-state index in [0.29, 0.717) is 18.3 Å². The van der Waals surface area contributed by atoms with Crippen LogP contribution in [-0.2, 0) is 16.6 Å². The fourth-order valence-corrected chi connectivity index (χ4v) is 3.10. The monoisotopic (exact) mass is 337 g/mol. The first-order chi connectivity index (χ1) is 10.8. The van der Waals surface area contributed by atoms with Crippen molar-refractivity contribution in [2.24, 2.45) is 5.92 Å². The van der Waals surface area contributed by atoms with Gasteiger partial charge in [-0.1, -0.05) is 13.8 Å². The van der Waals surface area contributed by atoms with Gasteiger partial charge >= 0.3 is 0 Å². The zero-order chi connectivity index (χ0) is 17.0. The summed E-state index contributed by atoms with van der Waals surface area (Å²) in [5.74, 6) is 2.58. The minimum absolute atomic E-state index is 0.205. The summed E-state index contributed by atoms with van der Waals surface area (Å²) in [6.07, 6.45) is 0. The van der Waals surface area contributed by atoms with Crippen LogP contribution in [-0.4, -0.2) is 15.0 Å². The molecule has 2 rings (SSSR count). The molecule has 0 amide bonds. The average Bonchev–Trinajstić information content (AvgIpc) is 2.81. The number of hydrogen-bond acceptors (Lipinski definition) is 4. The zero-order valence-corrected chi connectivity index (χ0v) is 14.7. The molecule has 0 atom stereocenters. The lowest BCUT2D eigenvalue weighted by Gasteiger charge is -2.10. The van der Waals surface area contributed by atoms with Crippen molar-refractivity contribution >= 4 is 10.0 Å². The lowest BCUT2D eigenvalue weighted by molar-refractivity contribution is 0.271. The second-order valence-corrected chi connectivity index (χ2v) is 7.71. The van der Waals surface area contributed by atoms with E-state index in [4.69, 9.17) is 9.15 Å². The van der Waals surface area contributed by atoms with Crippen molar-refractivity contribution in [3.05, 3.63) is 47.4 Å². The van der Waals surface area contributed by atoms with Crippen LogP contribution in [0, 0.1) is 19.8 Å². The van der Waals surface area contributed by atoms with Crippen molar-refractivity contribution < 1.29 is 17.6 Å². The maximum absolute atomic E-state index is 12.3. The van der Waals surface area contributed by atoms with E-state index in [9.17, 15) is 8.42 Å². The van der Waals surface area contributed by atoms with Crippen LogP contribution >= 0.6 is 0 Å². The molecule has 1 aromatic heterocycles. The largest absolute Gasteiger partial charge is 0.493 e. The average molecular weight is 337 g/mol. The van der Waals surface area contributed by atoms with Gasteiger partial charge in [0, 0.05) is 12.1 Å². The van der Waals surface area contributed by atoms with Crippen LogP contribution in [0.25, 0.3) is 0 Å². The molecule has 0 aliphatic heterocycles. The van der Waals surface area contributed by atoms with Crippen LogP contribution in [0.3, 0.4) is 0 Å². The number of sulfonamides is 1. The van der Waals surface area contributed by atoms with Crippen molar-refractivity contribution in [3.63, 3.8) is 0 Å². The normalized spacial score (nSPS) is 11.9. The summed E-state index contributed by atoms with van der Waals surface area (Å²) < 4.78 is 38.2. The maximum atomic E-state index is 12.3. The second kappa shape index (κ2) is 7.19. The van der Waals surface area contributed by atoms with Gasteiger partial charge in [0.05, 0.1) is 11.5 Å². The minimum atomic E-state index is -3.56. The molecule has 0 bridgehead atoms. The Balaban J connectivity index is 2.03.